The maximum Gasteiger partial charge on any atom is 0.182 e. The minimum absolute atomic E-state index is 0.619. The van der Waals surface area contributed by atoms with Crippen molar-refractivity contribution in [3.8, 4) is 0 Å². The molecule has 7 heteroatoms. The predicted octanol–water partition coefficient (Wildman–Crippen LogP) is 4.06. The molecule has 144 valence electrons. The van der Waals surface area contributed by atoms with E-state index in [1.807, 2.05) is 0 Å². The summed E-state index contributed by atoms with van der Waals surface area (Å²) in [6.45, 7) is 5.91. The van der Waals surface area contributed by atoms with E-state index in [0.717, 1.165) is 53.0 Å². The van der Waals surface area contributed by atoms with Gasteiger partial charge in [0.25, 0.3) is 0 Å². The molecule has 1 aromatic carbocycles. The second-order valence-corrected chi connectivity index (χ2v) is 7.07. The number of rotatable bonds is 7. The summed E-state index contributed by atoms with van der Waals surface area (Å²) in [7, 11) is 2.11. The average molecular weight is 375 g/mol. The number of para-hydroxylation sites is 1. The Kier molecular flexibility index (Phi) is 5.06. The summed E-state index contributed by atoms with van der Waals surface area (Å²) in [5, 5.41) is 4.58. The second kappa shape index (κ2) is 7.80. The number of hydrogen-bond acceptors (Lipinski definition) is 6. The van der Waals surface area contributed by atoms with Gasteiger partial charge in [0.05, 0.1) is 11.8 Å². The van der Waals surface area contributed by atoms with E-state index >= 15 is 0 Å². The van der Waals surface area contributed by atoms with E-state index in [9.17, 15) is 0 Å². The van der Waals surface area contributed by atoms with Gasteiger partial charge in [-0.15, -0.1) is 0 Å². The molecule has 7 nitrogen and oxygen atoms in total. The first-order valence-electron chi connectivity index (χ1n) is 9.65. The molecular formula is C21H25N7. The number of aromatic amines is 1. The molecule has 2 N–H and O–H groups in total. The maximum absolute atomic E-state index is 5.03. The minimum atomic E-state index is 0.619. The standard InChI is InChI=1S/C21H25N7/c1-4-5-9-28(3)21-16(10-15-8-6-7-14(2)17(15)27-21)11-22-19-18-20(24-12-23-18)26-13-25-19/h6-8,10,12-13H,4-5,9,11H2,1-3H3,(H2,22,23,24,25,26). The van der Waals surface area contributed by atoms with Gasteiger partial charge in [-0.1, -0.05) is 31.5 Å². The lowest BCUT2D eigenvalue weighted by molar-refractivity contribution is 0.757. The monoisotopic (exact) mass is 375 g/mol. The third-order valence-electron chi connectivity index (χ3n) is 4.98. The Labute approximate surface area is 164 Å². The molecule has 28 heavy (non-hydrogen) atoms. The molecule has 3 heterocycles. The fraction of sp³-hybridized carbons (Fsp3) is 0.333. The van der Waals surface area contributed by atoms with Gasteiger partial charge in [0.15, 0.2) is 11.5 Å². The van der Waals surface area contributed by atoms with Gasteiger partial charge in [0.2, 0.25) is 0 Å². The highest BCUT2D eigenvalue weighted by atomic mass is 15.2. The number of benzene rings is 1. The molecule has 0 aliphatic carbocycles. The quantitative estimate of drug-likeness (QED) is 0.507. The van der Waals surface area contributed by atoms with E-state index in [-0.39, 0.29) is 0 Å². The number of aromatic nitrogens is 5. The van der Waals surface area contributed by atoms with Crippen LogP contribution in [-0.4, -0.2) is 38.5 Å². The summed E-state index contributed by atoms with van der Waals surface area (Å²) < 4.78 is 0. The van der Waals surface area contributed by atoms with Crippen LogP contribution in [0.5, 0.6) is 0 Å². The Morgan fingerprint density at radius 3 is 2.93 bits per heavy atom. The normalized spacial score (nSPS) is 11.2. The van der Waals surface area contributed by atoms with E-state index in [0.29, 0.717) is 12.2 Å². The first-order chi connectivity index (χ1) is 13.7. The molecule has 0 unspecified atom stereocenters. The predicted molar refractivity (Wildman–Crippen MR) is 114 cm³/mol. The molecule has 0 aliphatic heterocycles. The van der Waals surface area contributed by atoms with Gasteiger partial charge < -0.3 is 15.2 Å². The average Bonchev–Trinajstić information content (AvgIpc) is 3.19. The SMILES string of the molecule is CCCCN(C)c1nc2c(C)cccc2cc1CNc1ncnc2nc[nH]c12. The van der Waals surface area contributed by atoms with Crippen molar-refractivity contribution in [1.29, 1.82) is 0 Å². The number of anilines is 2. The highest BCUT2D eigenvalue weighted by Gasteiger charge is 2.13. The summed E-state index contributed by atoms with van der Waals surface area (Å²) in [5.41, 5.74) is 4.86. The first-order valence-corrected chi connectivity index (χ1v) is 9.65. The molecular weight excluding hydrogens is 350 g/mol. The van der Waals surface area contributed by atoms with Crippen LogP contribution >= 0.6 is 0 Å². The van der Waals surface area contributed by atoms with Gasteiger partial charge >= 0.3 is 0 Å². The minimum Gasteiger partial charge on any atom is -0.364 e. The second-order valence-electron chi connectivity index (χ2n) is 7.07. The van der Waals surface area contributed by atoms with E-state index in [2.05, 4.69) is 75.3 Å². The summed E-state index contributed by atoms with van der Waals surface area (Å²) in [6, 6.07) is 8.53. The topological polar surface area (TPSA) is 82.6 Å². The number of H-pyrrole nitrogens is 1. The van der Waals surface area contributed by atoms with Gasteiger partial charge in [-0.3, -0.25) is 0 Å². The zero-order chi connectivity index (χ0) is 19.5. The molecule has 4 aromatic rings. The van der Waals surface area contributed by atoms with Gasteiger partial charge in [-0.25, -0.2) is 19.9 Å². The van der Waals surface area contributed by atoms with E-state index in [1.54, 1.807) is 6.33 Å². The van der Waals surface area contributed by atoms with Crippen LogP contribution in [0.15, 0.2) is 36.9 Å². The molecule has 0 saturated heterocycles. The van der Waals surface area contributed by atoms with Crippen LogP contribution in [-0.2, 0) is 6.54 Å². The van der Waals surface area contributed by atoms with Gasteiger partial charge in [0, 0.05) is 31.1 Å². The Bertz CT molecular complexity index is 1100. The summed E-state index contributed by atoms with van der Waals surface area (Å²) in [6.07, 6.45) is 5.46. The molecule has 4 rings (SSSR count). The number of nitrogens with one attached hydrogen (secondary N) is 2. The summed E-state index contributed by atoms with van der Waals surface area (Å²) in [5.74, 6) is 1.76. The molecule has 0 bridgehead atoms. The smallest absolute Gasteiger partial charge is 0.182 e. The molecule has 0 aliphatic rings. The van der Waals surface area contributed by atoms with Crippen molar-refractivity contribution in [3.05, 3.63) is 48.0 Å². The fourth-order valence-electron chi connectivity index (χ4n) is 3.42. The van der Waals surface area contributed by atoms with Crippen molar-refractivity contribution < 1.29 is 0 Å². The van der Waals surface area contributed by atoms with Crippen LogP contribution in [0, 0.1) is 6.92 Å². The van der Waals surface area contributed by atoms with Crippen LogP contribution < -0.4 is 10.2 Å². The third-order valence-corrected chi connectivity index (χ3v) is 4.98. The Hall–Kier alpha value is -3.22. The van der Waals surface area contributed by atoms with Gasteiger partial charge in [-0.05, 0) is 25.0 Å². The lowest BCUT2D eigenvalue weighted by atomic mass is 10.1. The highest BCUT2D eigenvalue weighted by molar-refractivity contribution is 5.85. The molecule has 0 atom stereocenters. The lowest BCUT2D eigenvalue weighted by Gasteiger charge is -2.22. The number of unbranched alkanes of at least 4 members (excludes halogenated alkanes) is 1. The van der Waals surface area contributed by atoms with Crippen LogP contribution in [0.1, 0.15) is 30.9 Å². The van der Waals surface area contributed by atoms with Crippen LogP contribution in [0.25, 0.3) is 22.1 Å². The van der Waals surface area contributed by atoms with Crippen molar-refractivity contribution in [2.45, 2.75) is 33.2 Å². The number of fused-ring (bicyclic) bond motifs is 2. The molecule has 0 saturated carbocycles. The van der Waals surface area contributed by atoms with E-state index in [4.69, 9.17) is 4.98 Å². The number of nitrogens with zero attached hydrogens (tertiary/aromatic N) is 5. The molecule has 0 amide bonds. The third kappa shape index (κ3) is 3.47. The fourth-order valence-corrected chi connectivity index (χ4v) is 3.42. The largest absolute Gasteiger partial charge is 0.364 e. The lowest BCUT2D eigenvalue weighted by Crippen LogP contribution is -2.22. The van der Waals surface area contributed by atoms with Crippen LogP contribution in [0.2, 0.25) is 0 Å². The Balaban J connectivity index is 1.70. The van der Waals surface area contributed by atoms with Crippen molar-refractivity contribution >= 4 is 33.7 Å². The zero-order valence-corrected chi connectivity index (χ0v) is 16.5. The molecule has 0 spiro atoms. The zero-order valence-electron chi connectivity index (χ0n) is 16.5. The molecule has 3 aromatic heterocycles. The van der Waals surface area contributed by atoms with Crippen molar-refractivity contribution in [2.75, 3.05) is 23.8 Å². The first kappa shape index (κ1) is 18.2. The molecule has 0 fully saturated rings. The van der Waals surface area contributed by atoms with Gasteiger partial charge in [0.1, 0.15) is 17.7 Å². The number of imidazole rings is 1. The van der Waals surface area contributed by atoms with Crippen molar-refractivity contribution in [1.82, 2.24) is 24.9 Å². The van der Waals surface area contributed by atoms with Crippen LogP contribution in [0.3, 0.4) is 0 Å². The summed E-state index contributed by atoms with van der Waals surface area (Å²) >= 11 is 0. The van der Waals surface area contributed by atoms with E-state index in [1.165, 1.54) is 11.9 Å². The van der Waals surface area contributed by atoms with Crippen LogP contribution in [0.4, 0.5) is 11.6 Å². The van der Waals surface area contributed by atoms with Crippen molar-refractivity contribution in [3.63, 3.8) is 0 Å². The Morgan fingerprint density at radius 2 is 2.07 bits per heavy atom. The summed E-state index contributed by atoms with van der Waals surface area (Å²) in [4.78, 5) is 23.1. The van der Waals surface area contributed by atoms with Gasteiger partial charge in [-0.2, -0.15) is 0 Å². The highest BCUT2D eigenvalue weighted by Crippen LogP contribution is 2.26. The number of aryl methyl sites for hydroxylation is 1. The molecule has 0 radical (unpaired) electrons. The number of hydrogen-bond donors (Lipinski definition) is 2. The number of pyridine rings is 1. The van der Waals surface area contributed by atoms with E-state index < -0.39 is 0 Å². The maximum atomic E-state index is 5.03. The Morgan fingerprint density at radius 1 is 1.18 bits per heavy atom. The van der Waals surface area contributed by atoms with Crippen molar-refractivity contribution in [2.24, 2.45) is 0 Å².